The van der Waals surface area contributed by atoms with Crippen molar-refractivity contribution in [2.45, 2.75) is 19.0 Å². The van der Waals surface area contributed by atoms with Crippen molar-refractivity contribution in [1.82, 2.24) is 5.32 Å². The Morgan fingerprint density at radius 2 is 2.00 bits per heavy atom. The molecule has 0 radical (unpaired) electrons. The SMILES string of the molecule is CC1CS(=O)(=O)CC(c2ccccc2Br)N1. The van der Waals surface area contributed by atoms with Gasteiger partial charge in [-0.3, -0.25) is 0 Å². The molecular formula is C11H14BrNO2S. The van der Waals surface area contributed by atoms with E-state index in [1.165, 1.54) is 0 Å². The lowest BCUT2D eigenvalue weighted by molar-refractivity contribution is 0.468. The molecule has 1 heterocycles. The van der Waals surface area contributed by atoms with Crippen molar-refractivity contribution in [3.63, 3.8) is 0 Å². The number of hydrogen-bond acceptors (Lipinski definition) is 3. The molecule has 0 amide bonds. The molecule has 0 spiro atoms. The molecular weight excluding hydrogens is 290 g/mol. The highest BCUT2D eigenvalue weighted by atomic mass is 79.9. The molecule has 2 atom stereocenters. The Bertz CT molecular complexity index is 487. The van der Waals surface area contributed by atoms with Crippen LogP contribution in [0.5, 0.6) is 0 Å². The molecule has 1 aromatic carbocycles. The average Bonchev–Trinajstić information content (AvgIpc) is 2.15. The van der Waals surface area contributed by atoms with Gasteiger partial charge in [0.2, 0.25) is 0 Å². The van der Waals surface area contributed by atoms with Gasteiger partial charge in [-0.25, -0.2) is 8.42 Å². The van der Waals surface area contributed by atoms with Crippen molar-refractivity contribution in [2.75, 3.05) is 11.5 Å². The first-order valence-electron chi connectivity index (χ1n) is 5.19. The molecule has 1 saturated heterocycles. The molecule has 5 heteroatoms. The van der Waals surface area contributed by atoms with Gasteiger partial charge in [0.05, 0.1) is 11.5 Å². The summed E-state index contributed by atoms with van der Waals surface area (Å²) in [5.74, 6) is 0.411. The van der Waals surface area contributed by atoms with Crippen LogP contribution in [-0.2, 0) is 9.84 Å². The number of sulfone groups is 1. The van der Waals surface area contributed by atoms with Crippen LogP contribution in [0.15, 0.2) is 28.7 Å². The number of nitrogens with one attached hydrogen (secondary N) is 1. The maximum Gasteiger partial charge on any atom is 0.153 e. The van der Waals surface area contributed by atoms with E-state index in [1.54, 1.807) is 0 Å². The van der Waals surface area contributed by atoms with E-state index in [4.69, 9.17) is 0 Å². The van der Waals surface area contributed by atoms with Crippen molar-refractivity contribution in [3.05, 3.63) is 34.3 Å². The minimum Gasteiger partial charge on any atom is -0.306 e. The highest BCUT2D eigenvalue weighted by molar-refractivity contribution is 9.10. The zero-order valence-electron chi connectivity index (χ0n) is 8.98. The van der Waals surface area contributed by atoms with E-state index in [9.17, 15) is 8.42 Å². The third-order valence-electron chi connectivity index (χ3n) is 2.69. The second-order valence-electron chi connectivity index (χ2n) is 4.22. The maximum absolute atomic E-state index is 11.7. The van der Waals surface area contributed by atoms with E-state index >= 15 is 0 Å². The molecule has 1 aromatic rings. The Hall–Kier alpha value is -0.390. The van der Waals surface area contributed by atoms with Gasteiger partial charge in [-0.05, 0) is 18.6 Å². The predicted octanol–water partition coefficient (Wildman–Crippen LogP) is 1.90. The van der Waals surface area contributed by atoms with Crippen LogP contribution in [0, 0.1) is 0 Å². The average molecular weight is 304 g/mol. The summed E-state index contributed by atoms with van der Waals surface area (Å²) in [5.41, 5.74) is 1.01. The van der Waals surface area contributed by atoms with E-state index in [0.29, 0.717) is 0 Å². The smallest absolute Gasteiger partial charge is 0.153 e. The standard InChI is InChI=1S/C11H14BrNO2S/c1-8-6-16(14,15)7-11(13-8)9-4-2-3-5-10(9)12/h2-5,8,11,13H,6-7H2,1H3. The van der Waals surface area contributed by atoms with Crippen molar-refractivity contribution in [2.24, 2.45) is 0 Å². The summed E-state index contributed by atoms with van der Waals surface area (Å²) in [6.45, 7) is 1.90. The summed E-state index contributed by atoms with van der Waals surface area (Å²) in [5, 5.41) is 3.32. The normalized spacial score (nSPS) is 28.9. The molecule has 0 saturated carbocycles. The fourth-order valence-corrected chi connectivity index (χ4v) is 4.42. The lowest BCUT2D eigenvalue weighted by Crippen LogP contribution is -2.45. The molecule has 16 heavy (non-hydrogen) atoms. The molecule has 1 N–H and O–H groups in total. The number of hydrogen-bond donors (Lipinski definition) is 1. The van der Waals surface area contributed by atoms with Gasteiger partial charge in [0.15, 0.2) is 9.84 Å². The Labute approximate surface area is 104 Å². The molecule has 2 rings (SSSR count). The Morgan fingerprint density at radius 3 is 2.62 bits per heavy atom. The minimum atomic E-state index is -2.93. The Kier molecular flexibility index (Phi) is 3.37. The van der Waals surface area contributed by atoms with E-state index in [-0.39, 0.29) is 23.6 Å². The molecule has 1 aliphatic heterocycles. The molecule has 1 fully saturated rings. The summed E-state index contributed by atoms with van der Waals surface area (Å²) in [6.07, 6.45) is 0. The quantitative estimate of drug-likeness (QED) is 0.862. The van der Waals surface area contributed by atoms with Crippen molar-refractivity contribution < 1.29 is 8.42 Å². The van der Waals surface area contributed by atoms with Gasteiger partial charge >= 0.3 is 0 Å². The van der Waals surface area contributed by atoms with Gasteiger partial charge in [0, 0.05) is 16.6 Å². The summed E-state index contributed by atoms with van der Waals surface area (Å²) in [6, 6.07) is 7.64. The van der Waals surface area contributed by atoms with Crippen LogP contribution in [0.25, 0.3) is 0 Å². The van der Waals surface area contributed by atoms with Gasteiger partial charge in [-0.15, -0.1) is 0 Å². The Balaban J connectivity index is 2.32. The monoisotopic (exact) mass is 303 g/mol. The zero-order chi connectivity index (χ0) is 11.8. The molecule has 1 aliphatic rings. The van der Waals surface area contributed by atoms with E-state index in [2.05, 4.69) is 21.2 Å². The third kappa shape index (κ3) is 2.64. The van der Waals surface area contributed by atoms with E-state index in [1.807, 2.05) is 31.2 Å². The highest BCUT2D eigenvalue weighted by Crippen LogP contribution is 2.27. The van der Waals surface area contributed by atoms with Gasteiger partial charge in [-0.2, -0.15) is 0 Å². The van der Waals surface area contributed by atoms with Gasteiger partial charge < -0.3 is 5.32 Å². The summed E-state index contributed by atoms with van der Waals surface area (Å²) in [4.78, 5) is 0. The van der Waals surface area contributed by atoms with Crippen LogP contribution in [0.4, 0.5) is 0 Å². The summed E-state index contributed by atoms with van der Waals surface area (Å²) in [7, 11) is -2.93. The zero-order valence-corrected chi connectivity index (χ0v) is 11.4. The lowest BCUT2D eigenvalue weighted by atomic mass is 10.1. The summed E-state index contributed by atoms with van der Waals surface area (Å²) >= 11 is 3.45. The predicted molar refractivity (Wildman–Crippen MR) is 68.1 cm³/mol. The molecule has 0 aliphatic carbocycles. The van der Waals surface area contributed by atoms with E-state index in [0.717, 1.165) is 10.0 Å². The number of benzene rings is 1. The third-order valence-corrected chi connectivity index (χ3v) is 5.26. The van der Waals surface area contributed by atoms with Gasteiger partial charge in [-0.1, -0.05) is 34.1 Å². The molecule has 3 nitrogen and oxygen atoms in total. The number of rotatable bonds is 1. The molecule has 0 aromatic heterocycles. The van der Waals surface area contributed by atoms with Crippen LogP contribution in [0.1, 0.15) is 18.5 Å². The van der Waals surface area contributed by atoms with Crippen LogP contribution in [0.2, 0.25) is 0 Å². The van der Waals surface area contributed by atoms with Crippen molar-refractivity contribution in [1.29, 1.82) is 0 Å². The first-order chi connectivity index (χ1) is 7.48. The first-order valence-corrected chi connectivity index (χ1v) is 7.80. The maximum atomic E-state index is 11.7. The summed E-state index contributed by atoms with van der Waals surface area (Å²) < 4.78 is 24.4. The molecule has 88 valence electrons. The molecule has 2 unspecified atom stereocenters. The lowest BCUT2D eigenvalue weighted by Gasteiger charge is -2.29. The number of halogens is 1. The van der Waals surface area contributed by atoms with Crippen LogP contribution in [0.3, 0.4) is 0 Å². The second-order valence-corrected chi connectivity index (χ2v) is 7.23. The molecule has 0 bridgehead atoms. The van der Waals surface area contributed by atoms with Crippen LogP contribution in [-0.4, -0.2) is 26.0 Å². The largest absolute Gasteiger partial charge is 0.306 e. The van der Waals surface area contributed by atoms with Gasteiger partial charge in [0.25, 0.3) is 0 Å². The van der Waals surface area contributed by atoms with E-state index < -0.39 is 9.84 Å². The Morgan fingerprint density at radius 1 is 1.31 bits per heavy atom. The highest BCUT2D eigenvalue weighted by Gasteiger charge is 2.30. The van der Waals surface area contributed by atoms with Crippen molar-refractivity contribution in [3.8, 4) is 0 Å². The fraction of sp³-hybridized carbons (Fsp3) is 0.455. The van der Waals surface area contributed by atoms with Crippen molar-refractivity contribution >= 4 is 25.8 Å². The van der Waals surface area contributed by atoms with Gasteiger partial charge in [0.1, 0.15) is 0 Å². The minimum absolute atomic E-state index is 0.0101. The fourth-order valence-electron chi connectivity index (χ4n) is 2.08. The second kappa shape index (κ2) is 4.47. The van der Waals surface area contributed by atoms with Crippen LogP contribution < -0.4 is 5.32 Å². The topological polar surface area (TPSA) is 46.2 Å². The first kappa shape index (κ1) is 12.1. The van der Waals surface area contributed by atoms with Crippen LogP contribution >= 0.6 is 15.9 Å².